The van der Waals surface area contributed by atoms with Crippen LogP contribution in [0.15, 0.2) is 11.8 Å². The zero-order chi connectivity index (χ0) is 8.91. The van der Waals surface area contributed by atoms with E-state index < -0.39 is 8.07 Å². The third-order valence-corrected chi connectivity index (χ3v) is 2.41. The lowest BCUT2D eigenvalue weighted by Gasteiger charge is -2.07. The first-order valence-electron chi connectivity index (χ1n) is 3.88. The fraction of sp³-hybridized carbons (Fsp3) is 0.625. The molecule has 0 aromatic rings. The molecular weight excluding hydrogens is 154 g/mol. The van der Waals surface area contributed by atoms with E-state index in [4.69, 9.17) is 5.73 Å². The van der Waals surface area contributed by atoms with Crippen molar-refractivity contribution in [3.63, 3.8) is 0 Å². The Bertz CT molecular complexity index is 158. The molecule has 0 saturated carbocycles. The number of hydrogen-bond acceptors (Lipinski definition) is 1. The topological polar surface area (TPSA) is 43.1 Å². The Labute approximate surface area is 69.5 Å². The van der Waals surface area contributed by atoms with Crippen molar-refractivity contribution in [2.45, 2.75) is 32.5 Å². The molecule has 0 rings (SSSR count). The van der Waals surface area contributed by atoms with Crippen LogP contribution < -0.4 is 5.73 Å². The zero-order valence-corrected chi connectivity index (χ0v) is 8.55. The lowest BCUT2D eigenvalue weighted by atomic mass is 10.3. The molecule has 0 aromatic heterocycles. The van der Waals surface area contributed by atoms with E-state index in [1.165, 1.54) is 0 Å². The van der Waals surface area contributed by atoms with Gasteiger partial charge in [-0.25, -0.2) is 0 Å². The highest BCUT2D eigenvalue weighted by Crippen LogP contribution is 2.03. The summed E-state index contributed by atoms with van der Waals surface area (Å²) in [5.74, 6) is -0.217. The van der Waals surface area contributed by atoms with Crippen molar-refractivity contribution >= 4 is 14.0 Å². The van der Waals surface area contributed by atoms with Crippen LogP contribution in [-0.4, -0.2) is 14.0 Å². The molecule has 0 spiro atoms. The summed E-state index contributed by atoms with van der Waals surface area (Å²) in [5, 5.41) is 0. The van der Waals surface area contributed by atoms with E-state index in [0.717, 1.165) is 6.42 Å². The largest absolute Gasteiger partial charge is 0.370 e. The summed E-state index contributed by atoms with van der Waals surface area (Å²) < 4.78 is 0. The van der Waals surface area contributed by atoms with Crippen molar-refractivity contribution in [3.05, 3.63) is 11.8 Å². The Balaban J connectivity index is 3.54. The molecular formula is C8H17NOSi. The maximum Gasteiger partial charge on any atom is 0.217 e. The first kappa shape index (κ1) is 10.4. The van der Waals surface area contributed by atoms with E-state index in [1.54, 1.807) is 0 Å². The van der Waals surface area contributed by atoms with Gasteiger partial charge >= 0.3 is 0 Å². The first-order valence-corrected chi connectivity index (χ1v) is 7.45. The van der Waals surface area contributed by atoms with Crippen molar-refractivity contribution in [2.24, 2.45) is 5.73 Å². The first-order chi connectivity index (χ1) is 4.92. The van der Waals surface area contributed by atoms with Crippen LogP contribution in [-0.2, 0) is 4.79 Å². The van der Waals surface area contributed by atoms with Gasteiger partial charge in [0.15, 0.2) is 0 Å². The number of rotatable bonds is 4. The third kappa shape index (κ3) is 9.43. The summed E-state index contributed by atoms with van der Waals surface area (Å²) in [7, 11) is -1.06. The minimum atomic E-state index is -1.06. The summed E-state index contributed by atoms with van der Waals surface area (Å²) in [6.45, 7) is 6.77. The maximum atomic E-state index is 10.3. The van der Waals surface area contributed by atoms with Gasteiger partial charge in [0.1, 0.15) is 0 Å². The highest BCUT2D eigenvalue weighted by Gasteiger charge is 2.05. The minimum absolute atomic E-state index is 0.217. The Morgan fingerprint density at radius 3 is 2.36 bits per heavy atom. The molecule has 0 unspecified atom stereocenters. The molecule has 2 nitrogen and oxygen atoms in total. The van der Waals surface area contributed by atoms with Crippen LogP contribution >= 0.6 is 0 Å². The molecule has 1 amide bonds. The fourth-order valence-corrected chi connectivity index (χ4v) is 1.54. The molecule has 0 aromatic carbocycles. The Kier molecular flexibility index (Phi) is 4.11. The van der Waals surface area contributed by atoms with Crippen LogP contribution in [0.5, 0.6) is 0 Å². The standard InChI is InChI=1S/C8H17NOSi/c1-11(2,3)7-5-4-6-8(9)10/h5,7H,4,6H2,1-3H3,(H2,9,10)/b7-5+. The van der Waals surface area contributed by atoms with E-state index in [1.807, 2.05) is 0 Å². The molecule has 11 heavy (non-hydrogen) atoms. The van der Waals surface area contributed by atoms with E-state index in [2.05, 4.69) is 31.4 Å². The number of amides is 1. The number of carbonyl (C=O) groups excluding carboxylic acids is 1. The lowest BCUT2D eigenvalue weighted by molar-refractivity contribution is -0.117. The maximum absolute atomic E-state index is 10.3. The SMILES string of the molecule is C[Si](C)(C)/C=C/CCC(N)=O. The van der Waals surface area contributed by atoms with E-state index in [-0.39, 0.29) is 5.91 Å². The monoisotopic (exact) mass is 171 g/mol. The van der Waals surface area contributed by atoms with Gasteiger partial charge in [0, 0.05) is 6.42 Å². The minimum Gasteiger partial charge on any atom is -0.370 e. The second-order valence-corrected chi connectivity index (χ2v) is 8.84. The number of nitrogens with two attached hydrogens (primary N) is 1. The summed E-state index contributed by atoms with van der Waals surface area (Å²) in [5.41, 5.74) is 7.21. The molecule has 0 saturated heterocycles. The second-order valence-electron chi connectivity index (χ2n) is 3.77. The van der Waals surface area contributed by atoms with Crippen LogP contribution in [0.25, 0.3) is 0 Å². The van der Waals surface area contributed by atoms with Crippen LogP contribution in [0.3, 0.4) is 0 Å². The van der Waals surface area contributed by atoms with Gasteiger partial charge in [-0.05, 0) is 6.42 Å². The third-order valence-electron chi connectivity index (χ3n) is 1.18. The quantitative estimate of drug-likeness (QED) is 0.643. The average molecular weight is 171 g/mol. The van der Waals surface area contributed by atoms with Crippen molar-refractivity contribution in [1.82, 2.24) is 0 Å². The van der Waals surface area contributed by atoms with Crippen LogP contribution in [0.1, 0.15) is 12.8 Å². The Morgan fingerprint density at radius 1 is 1.45 bits per heavy atom. The lowest BCUT2D eigenvalue weighted by Crippen LogP contribution is -2.15. The van der Waals surface area contributed by atoms with E-state index >= 15 is 0 Å². The summed E-state index contributed by atoms with van der Waals surface area (Å²) in [6, 6.07) is 0. The van der Waals surface area contributed by atoms with Gasteiger partial charge < -0.3 is 5.73 Å². The Hall–Kier alpha value is -0.573. The zero-order valence-electron chi connectivity index (χ0n) is 7.55. The van der Waals surface area contributed by atoms with Gasteiger partial charge in [-0.3, -0.25) is 4.79 Å². The van der Waals surface area contributed by atoms with Gasteiger partial charge in [0.05, 0.1) is 8.07 Å². The predicted octanol–water partition coefficient (Wildman–Crippen LogP) is 1.69. The van der Waals surface area contributed by atoms with Gasteiger partial charge in [-0.15, -0.1) is 0 Å². The molecule has 0 aliphatic carbocycles. The normalized spacial score (nSPS) is 12.3. The molecule has 3 heteroatoms. The molecule has 0 radical (unpaired) electrons. The number of allylic oxidation sites excluding steroid dienone is 1. The highest BCUT2D eigenvalue weighted by atomic mass is 28.3. The highest BCUT2D eigenvalue weighted by molar-refractivity contribution is 6.80. The van der Waals surface area contributed by atoms with Crippen molar-refractivity contribution in [3.8, 4) is 0 Å². The van der Waals surface area contributed by atoms with Gasteiger partial charge in [0.25, 0.3) is 0 Å². The fourth-order valence-electron chi connectivity index (χ4n) is 0.662. The molecule has 0 bridgehead atoms. The Morgan fingerprint density at radius 2 is 2.00 bits per heavy atom. The molecule has 0 fully saturated rings. The van der Waals surface area contributed by atoms with Gasteiger partial charge in [-0.2, -0.15) is 0 Å². The molecule has 0 atom stereocenters. The summed E-state index contributed by atoms with van der Waals surface area (Å²) in [6.07, 6.45) is 3.33. The van der Waals surface area contributed by atoms with E-state index in [0.29, 0.717) is 6.42 Å². The van der Waals surface area contributed by atoms with Crippen molar-refractivity contribution in [1.29, 1.82) is 0 Å². The number of carbonyl (C=O) groups is 1. The smallest absolute Gasteiger partial charge is 0.217 e. The molecule has 0 aliphatic heterocycles. The number of primary amides is 1. The summed E-state index contributed by atoms with van der Waals surface area (Å²) >= 11 is 0. The molecule has 0 heterocycles. The van der Waals surface area contributed by atoms with E-state index in [9.17, 15) is 4.79 Å². The summed E-state index contributed by atoms with van der Waals surface area (Å²) in [4.78, 5) is 10.3. The predicted molar refractivity (Wildman–Crippen MR) is 50.9 cm³/mol. The molecule has 2 N–H and O–H groups in total. The second kappa shape index (κ2) is 4.33. The van der Waals surface area contributed by atoms with Crippen molar-refractivity contribution < 1.29 is 4.79 Å². The van der Waals surface area contributed by atoms with Crippen LogP contribution in [0, 0.1) is 0 Å². The van der Waals surface area contributed by atoms with Gasteiger partial charge in [-0.1, -0.05) is 31.4 Å². The van der Waals surface area contributed by atoms with Gasteiger partial charge in [0.2, 0.25) is 5.91 Å². The number of hydrogen-bond donors (Lipinski definition) is 1. The van der Waals surface area contributed by atoms with Crippen molar-refractivity contribution in [2.75, 3.05) is 0 Å². The van der Waals surface area contributed by atoms with Crippen LogP contribution in [0.4, 0.5) is 0 Å². The average Bonchev–Trinajstić information content (AvgIpc) is 1.78. The molecule has 64 valence electrons. The van der Waals surface area contributed by atoms with Crippen LogP contribution in [0.2, 0.25) is 19.6 Å². The molecule has 0 aliphatic rings.